The number of nitrogens with zero attached hydrogens (tertiary/aromatic N) is 2. The summed E-state index contributed by atoms with van der Waals surface area (Å²) < 4.78 is 0. The monoisotopic (exact) mass is 238 g/mol. The Bertz CT molecular complexity index is 700. The van der Waals surface area contributed by atoms with Gasteiger partial charge in [-0.25, -0.2) is 0 Å². The first-order chi connectivity index (χ1) is 8.79. The first-order valence-corrected chi connectivity index (χ1v) is 5.86. The SMILES string of the molecule is Cc1cc(-c2ccncc2CN)cc2cn[nH]c12. The number of benzene rings is 1. The second-order valence-electron chi connectivity index (χ2n) is 4.36. The second-order valence-corrected chi connectivity index (χ2v) is 4.36. The van der Waals surface area contributed by atoms with Gasteiger partial charge < -0.3 is 5.73 Å². The Morgan fingerprint density at radius 1 is 1.28 bits per heavy atom. The fourth-order valence-corrected chi connectivity index (χ4v) is 2.26. The van der Waals surface area contributed by atoms with Gasteiger partial charge in [-0.05, 0) is 47.4 Å². The molecule has 4 nitrogen and oxygen atoms in total. The van der Waals surface area contributed by atoms with Crippen LogP contribution in [0.3, 0.4) is 0 Å². The van der Waals surface area contributed by atoms with E-state index in [-0.39, 0.29) is 0 Å². The summed E-state index contributed by atoms with van der Waals surface area (Å²) in [7, 11) is 0. The summed E-state index contributed by atoms with van der Waals surface area (Å²) >= 11 is 0. The molecular formula is C14H14N4. The van der Waals surface area contributed by atoms with Gasteiger partial charge in [-0.3, -0.25) is 10.1 Å². The highest BCUT2D eigenvalue weighted by Crippen LogP contribution is 2.28. The predicted molar refractivity (Wildman–Crippen MR) is 72.0 cm³/mol. The third-order valence-electron chi connectivity index (χ3n) is 3.18. The lowest BCUT2D eigenvalue weighted by Gasteiger charge is -2.08. The van der Waals surface area contributed by atoms with Crippen LogP contribution < -0.4 is 5.73 Å². The molecule has 0 atom stereocenters. The van der Waals surface area contributed by atoms with Gasteiger partial charge in [-0.15, -0.1) is 0 Å². The topological polar surface area (TPSA) is 67.6 Å². The van der Waals surface area contributed by atoms with E-state index in [9.17, 15) is 0 Å². The number of aromatic nitrogens is 3. The third kappa shape index (κ3) is 1.67. The van der Waals surface area contributed by atoms with Crippen LogP contribution in [-0.4, -0.2) is 15.2 Å². The van der Waals surface area contributed by atoms with Crippen LogP contribution in [0, 0.1) is 6.92 Å². The smallest absolute Gasteiger partial charge is 0.0679 e. The zero-order valence-corrected chi connectivity index (χ0v) is 10.1. The summed E-state index contributed by atoms with van der Waals surface area (Å²) in [5.74, 6) is 0. The number of H-pyrrole nitrogens is 1. The minimum absolute atomic E-state index is 0.492. The van der Waals surface area contributed by atoms with Crippen LogP contribution in [0.2, 0.25) is 0 Å². The maximum atomic E-state index is 5.76. The molecule has 0 amide bonds. The molecule has 1 aromatic carbocycles. The molecule has 0 aliphatic rings. The molecule has 2 heterocycles. The Labute approximate surface area is 105 Å². The number of nitrogens with one attached hydrogen (secondary N) is 1. The van der Waals surface area contributed by atoms with E-state index in [2.05, 4.69) is 34.2 Å². The molecule has 18 heavy (non-hydrogen) atoms. The van der Waals surface area contributed by atoms with E-state index in [1.54, 1.807) is 6.20 Å². The number of aryl methyl sites for hydroxylation is 1. The highest BCUT2D eigenvalue weighted by Gasteiger charge is 2.07. The van der Waals surface area contributed by atoms with Crippen molar-refractivity contribution in [3.05, 3.63) is 47.9 Å². The van der Waals surface area contributed by atoms with Gasteiger partial charge in [0.15, 0.2) is 0 Å². The molecule has 3 aromatic rings. The van der Waals surface area contributed by atoms with E-state index in [0.29, 0.717) is 6.54 Å². The number of nitrogens with two attached hydrogens (primary N) is 1. The van der Waals surface area contributed by atoms with Crippen molar-refractivity contribution in [3.8, 4) is 11.1 Å². The fourth-order valence-electron chi connectivity index (χ4n) is 2.26. The van der Waals surface area contributed by atoms with Crippen molar-refractivity contribution in [1.82, 2.24) is 15.2 Å². The molecule has 4 heteroatoms. The molecule has 0 aliphatic heterocycles. The quantitative estimate of drug-likeness (QED) is 0.720. The van der Waals surface area contributed by atoms with Gasteiger partial charge in [0.1, 0.15) is 0 Å². The van der Waals surface area contributed by atoms with E-state index in [0.717, 1.165) is 27.6 Å². The van der Waals surface area contributed by atoms with Crippen LogP contribution >= 0.6 is 0 Å². The van der Waals surface area contributed by atoms with Crippen molar-refractivity contribution in [2.45, 2.75) is 13.5 Å². The molecule has 0 radical (unpaired) electrons. The molecule has 0 aliphatic carbocycles. The van der Waals surface area contributed by atoms with Crippen molar-refractivity contribution in [2.24, 2.45) is 5.73 Å². The molecule has 0 saturated carbocycles. The Kier molecular flexibility index (Phi) is 2.57. The maximum absolute atomic E-state index is 5.76. The first-order valence-electron chi connectivity index (χ1n) is 5.86. The van der Waals surface area contributed by atoms with E-state index < -0.39 is 0 Å². The Morgan fingerprint density at radius 2 is 2.17 bits per heavy atom. The van der Waals surface area contributed by atoms with Gasteiger partial charge in [0.05, 0.1) is 11.7 Å². The number of pyridine rings is 1. The van der Waals surface area contributed by atoms with Gasteiger partial charge in [-0.2, -0.15) is 5.10 Å². The molecule has 90 valence electrons. The van der Waals surface area contributed by atoms with Gasteiger partial charge in [0.2, 0.25) is 0 Å². The van der Waals surface area contributed by atoms with Gasteiger partial charge in [0, 0.05) is 24.3 Å². The average Bonchev–Trinajstić information content (AvgIpc) is 2.87. The molecule has 0 saturated heterocycles. The molecule has 0 spiro atoms. The minimum atomic E-state index is 0.492. The first kappa shape index (κ1) is 10.9. The zero-order valence-electron chi connectivity index (χ0n) is 10.1. The summed E-state index contributed by atoms with van der Waals surface area (Å²) in [5, 5.41) is 8.20. The van der Waals surface area contributed by atoms with Crippen LogP contribution in [0.1, 0.15) is 11.1 Å². The minimum Gasteiger partial charge on any atom is -0.326 e. The summed E-state index contributed by atoms with van der Waals surface area (Å²) in [4.78, 5) is 4.12. The summed E-state index contributed by atoms with van der Waals surface area (Å²) in [6.07, 6.45) is 5.46. The number of rotatable bonds is 2. The van der Waals surface area contributed by atoms with Gasteiger partial charge in [-0.1, -0.05) is 0 Å². The van der Waals surface area contributed by atoms with Crippen molar-refractivity contribution < 1.29 is 0 Å². The highest BCUT2D eigenvalue weighted by atomic mass is 15.1. The number of aromatic amines is 1. The highest BCUT2D eigenvalue weighted by molar-refractivity contribution is 5.87. The maximum Gasteiger partial charge on any atom is 0.0679 e. The van der Waals surface area contributed by atoms with E-state index in [4.69, 9.17) is 5.73 Å². The fraction of sp³-hybridized carbons (Fsp3) is 0.143. The lowest BCUT2D eigenvalue weighted by Crippen LogP contribution is -1.99. The number of hydrogen-bond acceptors (Lipinski definition) is 3. The molecular weight excluding hydrogens is 224 g/mol. The molecule has 0 bridgehead atoms. The largest absolute Gasteiger partial charge is 0.326 e. The van der Waals surface area contributed by atoms with Crippen LogP contribution in [0.25, 0.3) is 22.0 Å². The van der Waals surface area contributed by atoms with Crippen molar-refractivity contribution in [1.29, 1.82) is 0 Å². The Balaban J connectivity index is 2.25. The zero-order chi connectivity index (χ0) is 12.5. The molecule has 2 aromatic heterocycles. The number of fused-ring (bicyclic) bond motifs is 1. The second kappa shape index (κ2) is 4.23. The van der Waals surface area contributed by atoms with Crippen LogP contribution in [-0.2, 0) is 6.54 Å². The summed E-state index contributed by atoms with van der Waals surface area (Å²) in [6, 6.07) is 6.28. The molecule has 3 rings (SSSR count). The van der Waals surface area contributed by atoms with Crippen molar-refractivity contribution in [3.63, 3.8) is 0 Å². The predicted octanol–water partition coefficient (Wildman–Crippen LogP) is 2.39. The lowest BCUT2D eigenvalue weighted by molar-refractivity contribution is 1.05. The lowest BCUT2D eigenvalue weighted by atomic mass is 9.98. The van der Waals surface area contributed by atoms with Gasteiger partial charge >= 0.3 is 0 Å². The third-order valence-corrected chi connectivity index (χ3v) is 3.18. The Hall–Kier alpha value is -2.20. The Morgan fingerprint density at radius 3 is 3.00 bits per heavy atom. The van der Waals surface area contributed by atoms with Crippen LogP contribution in [0.15, 0.2) is 36.8 Å². The summed E-state index contributed by atoms with van der Waals surface area (Å²) in [6.45, 7) is 2.57. The van der Waals surface area contributed by atoms with Crippen molar-refractivity contribution in [2.75, 3.05) is 0 Å². The van der Waals surface area contributed by atoms with E-state index >= 15 is 0 Å². The van der Waals surface area contributed by atoms with Crippen molar-refractivity contribution >= 4 is 10.9 Å². The van der Waals surface area contributed by atoms with Crippen LogP contribution in [0.4, 0.5) is 0 Å². The van der Waals surface area contributed by atoms with Crippen LogP contribution in [0.5, 0.6) is 0 Å². The average molecular weight is 238 g/mol. The van der Waals surface area contributed by atoms with Gasteiger partial charge in [0.25, 0.3) is 0 Å². The molecule has 3 N–H and O–H groups in total. The summed E-state index contributed by atoms with van der Waals surface area (Å²) in [5.41, 5.74) is 11.4. The standard InChI is InChI=1S/C14H14N4/c1-9-4-10(5-11-8-17-18-14(9)11)13-2-3-16-7-12(13)6-15/h2-5,7-8H,6,15H2,1H3,(H,17,18). The van der Waals surface area contributed by atoms with E-state index in [1.165, 1.54) is 5.56 Å². The normalized spacial score (nSPS) is 11.0. The molecule has 0 fully saturated rings. The molecule has 0 unspecified atom stereocenters. The van der Waals surface area contributed by atoms with E-state index in [1.807, 2.05) is 18.5 Å². The number of hydrogen-bond donors (Lipinski definition) is 2.